The molecule has 2 heterocycles. The Labute approximate surface area is 172 Å². The summed E-state index contributed by atoms with van der Waals surface area (Å²) in [7, 11) is 0. The number of nitrogens with zero attached hydrogens (tertiary/aromatic N) is 1. The number of thiophene rings is 1. The fraction of sp³-hybridized carbons (Fsp3) is 0.400. The van der Waals surface area contributed by atoms with E-state index < -0.39 is 0 Å². The number of hydrogen-bond donors (Lipinski definition) is 1. The summed E-state index contributed by atoms with van der Waals surface area (Å²) >= 11 is 8.97. The van der Waals surface area contributed by atoms with Crippen LogP contribution in [0.2, 0.25) is 5.02 Å². The lowest BCUT2D eigenvalue weighted by Gasteiger charge is -2.08. The van der Waals surface area contributed by atoms with Crippen LogP contribution in [-0.4, -0.2) is 22.3 Å². The Bertz CT molecular complexity index is 967. The Balaban J connectivity index is 1.67. The molecule has 0 fully saturated rings. The summed E-state index contributed by atoms with van der Waals surface area (Å²) in [5.74, 6) is 2.03. The molecule has 0 bridgehead atoms. The molecule has 3 aromatic rings. The minimum Gasteiger partial charge on any atom is -0.493 e. The first-order chi connectivity index (χ1) is 13.0. The molecule has 0 radical (unpaired) electrons. The van der Waals surface area contributed by atoms with Crippen LogP contribution in [0.15, 0.2) is 34.2 Å². The maximum absolute atomic E-state index is 12.6. The Morgan fingerprint density at radius 1 is 1.33 bits per heavy atom. The van der Waals surface area contributed by atoms with E-state index in [4.69, 9.17) is 16.3 Å². The average Bonchev–Trinajstić information content (AvgIpc) is 2.96. The summed E-state index contributed by atoms with van der Waals surface area (Å²) in [6.07, 6.45) is 2.03. The second kappa shape index (κ2) is 9.13. The van der Waals surface area contributed by atoms with Crippen LogP contribution >= 0.6 is 34.7 Å². The number of rotatable bonds is 8. The lowest BCUT2D eigenvalue weighted by Crippen LogP contribution is -2.11. The van der Waals surface area contributed by atoms with E-state index in [2.05, 4.69) is 30.7 Å². The monoisotopic (exact) mass is 422 g/mol. The minimum absolute atomic E-state index is 0.0382. The third kappa shape index (κ3) is 5.06. The van der Waals surface area contributed by atoms with Crippen LogP contribution in [0.4, 0.5) is 0 Å². The van der Waals surface area contributed by atoms with Gasteiger partial charge in [0.05, 0.1) is 12.0 Å². The standard InChI is InChI=1S/C20H23ClN2O2S2/c1-4-12(2)11-16-13(3)27-19-17(16)18(24)22-20(23-19)26-10-9-25-15-7-5-14(21)6-8-15/h5-8,12H,4,9-11H2,1-3H3,(H,22,23,24)/t12-/m1/s1. The molecule has 0 spiro atoms. The van der Waals surface area contributed by atoms with Gasteiger partial charge in [-0.15, -0.1) is 11.3 Å². The quantitative estimate of drug-likeness (QED) is 0.287. The maximum atomic E-state index is 12.6. The molecule has 1 N–H and O–H groups in total. The Kier molecular flexibility index (Phi) is 6.84. The molecule has 2 aromatic heterocycles. The van der Waals surface area contributed by atoms with Crippen molar-refractivity contribution in [3.8, 4) is 5.75 Å². The molecule has 144 valence electrons. The highest BCUT2D eigenvalue weighted by molar-refractivity contribution is 7.99. The molecule has 0 saturated carbocycles. The van der Waals surface area contributed by atoms with Gasteiger partial charge in [-0.25, -0.2) is 4.98 Å². The van der Waals surface area contributed by atoms with Crippen LogP contribution in [0.5, 0.6) is 5.75 Å². The molecule has 7 heteroatoms. The molecule has 4 nitrogen and oxygen atoms in total. The van der Waals surface area contributed by atoms with E-state index in [1.165, 1.54) is 16.6 Å². The fourth-order valence-electron chi connectivity index (χ4n) is 2.79. The number of benzene rings is 1. The zero-order valence-electron chi connectivity index (χ0n) is 15.7. The van der Waals surface area contributed by atoms with E-state index in [0.29, 0.717) is 28.5 Å². The molecule has 0 aliphatic rings. The van der Waals surface area contributed by atoms with E-state index in [1.807, 2.05) is 12.1 Å². The molecule has 27 heavy (non-hydrogen) atoms. The van der Waals surface area contributed by atoms with Crippen molar-refractivity contribution in [1.29, 1.82) is 0 Å². The van der Waals surface area contributed by atoms with Gasteiger partial charge in [-0.05, 0) is 49.1 Å². The first-order valence-electron chi connectivity index (χ1n) is 9.01. The molecular weight excluding hydrogens is 400 g/mol. The van der Waals surface area contributed by atoms with Gasteiger partial charge in [0.2, 0.25) is 0 Å². The topological polar surface area (TPSA) is 55.0 Å². The third-order valence-electron chi connectivity index (χ3n) is 4.49. The molecule has 1 aromatic carbocycles. The molecule has 0 aliphatic heterocycles. The van der Waals surface area contributed by atoms with E-state index in [9.17, 15) is 4.79 Å². The van der Waals surface area contributed by atoms with Crippen molar-refractivity contribution in [1.82, 2.24) is 9.97 Å². The number of thioether (sulfide) groups is 1. The molecular formula is C20H23ClN2O2S2. The number of halogens is 1. The SMILES string of the molecule is CC[C@@H](C)Cc1c(C)sc2nc(SCCOc3ccc(Cl)cc3)[nH]c(=O)c12. The van der Waals surface area contributed by atoms with Crippen molar-refractivity contribution in [2.75, 3.05) is 12.4 Å². The molecule has 0 unspecified atom stereocenters. The van der Waals surface area contributed by atoms with Crippen LogP contribution in [0.1, 0.15) is 30.7 Å². The van der Waals surface area contributed by atoms with Gasteiger partial charge in [-0.2, -0.15) is 0 Å². The largest absolute Gasteiger partial charge is 0.493 e. The maximum Gasteiger partial charge on any atom is 0.260 e. The van der Waals surface area contributed by atoms with Crippen molar-refractivity contribution in [3.63, 3.8) is 0 Å². The second-order valence-corrected chi connectivity index (χ2v) is 9.28. The van der Waals surface area contributed by atoms with Gasteiger partial charge >= 0.3 is 0 Å². The summed E-state index contributed by atoms with van der Waals surface area (Å²) in [6, 6.07) is 7.28. The van der Waals surface area contributed by atoms with E-state index in [0.717, 1.165) is 34.4 Å². The van der Waals surface area contributed by atoms with Gasteiger partial charge in [-0.3, -0.25) is 4.79 Å². The Morgan fingerprint density at radius 3 is 2.78 bits per heavy atom. The van der Waals surface area contributed by atoms with Gasteiger partial charge in [0, 0.05) is 15.7 Å². The summed E-state index contributed by atoms with van der Waals surface area (Å²) < 4.78 is 5.68. The van der Waals surface area contributed by atoms with E-state index in [-0.39, 0.29) is 5.56 Å². The Hall–Kier alpha value is -1.50. The summed E-state index contributed by atoms with van der Waals surface area (Å²) in [5, 5.41) is 2.09. The highest BCUT2D eigenvalue weighted by Gasteiger charge is 2.16. The second-order valence-electron chi connectivity index (χ2n) is 6.56. The van der Waals surface area contributed by atoms with Crippen molar-refractivity contribution in [2.24, 2.45) is 5.92 Å². The van der Waals surface area contributed by atoms with Crippen molar-refractivity contribution in [3.05, 3.63) is 50.1 Å². The number of hydrogen-bond acceptors (Lipinski definition) is 5. The van der Waals surface area contributed by atoms with Gasteiger partial charge in [-0.1, -0.05) is 43.6 Å². The summed E-state index contributed by atoms with van der Waals surface area (Å²) in [4.78, 5) is 22.3. The number of aryl methyl sites for hydroxylation is 1. The van der Waals surface area contributed by atoms with E-state index >= 15 is 0 Å². The minimum atomic E-state index is -0.0382. The molecule has 3 rings (SSSR count). The zero-order valence-corrected chi connectivity index (χ0v) is 18.1. The number of H-pyrrole nitrogens is 1. The number of aromatic nitrogens is 2. The number of fused-ring (bicyclic) bond motifs is 1. The Morgan fingerprint density at radius 2 is 2.07 bits per heavy atom. The van der Waals surface area contributed by atoms with Crippen LogP contribution in [0, 0.1) is 12.8 Å². The number of aromatic amines is 1. The summed E-state index contributed by atoms with van der Waals surface area (Å²) in [6.45, 7) is 7.00. The molecule has 1 atom stereocenters. The molecule has 0 aliphatic carbocycles. The number of ether oxygens (including phenoxy) is 1. The van der Waals surface area contributed by atoms with E-state index in [1.54, 1.807) is 23.5 Å². The highest BCUT2D eigenvalue weighted by atomic mass is 35.5. The highest BCUT2D eigenvalue weighted by Crippen LogP contribution is 2.30. The van der Waals surface area contributed by atoms with Crippen LogP contribution in [0.25, 0.3) is 10.2 Å². The average molecular weight is 423 g/mol. The number of nitrogens with one attached hydrogen (secondary N) is 1. The van der Waals surface area contributed by atoms with Gasteiger partial charge < -0.3 is 9.72 Å². The summed E-state index contributed by atoms with van der Waals surface area (Å²) in [5.41, 5.74) is 1.12. The third-order valence-corrected chi connectivity index (χ3v) is 6.63. The molecule has 0 saturated heterocycles. The van der Waals surface area contributed by atoms with Crippen molar-refractivity contribution in [2.45, 2.75) is 38.8 Å². The lowest BCUT2D eigenvalue weighted by atomic mass is 9.98. The van der Waals surface area contributed by atoms with Gasteiger partial charge in [0.15, 0.2) is 5.16 Å². The molecule has 0 amide bonds. The van der Waals surface area contributed by atoms with Crippen LogP contribution in [-0.2, 0) is 6.42 Å². The van der Waals surface area contributed by atoms with Crippen LogP contribution in [0.3, 0.4) is 0 Å². The van der Waals surface area contributed by atoms with Gasteiger partial charge in [0.25, 0.3) is 5.56 Å². The predicted molar refractivity (Wildman–Crippen MR) is 116 cm³/mol. The first kappa shape index (κ1) is 20.2. The normalized spacial score (nSPS) is 12.4. The van der Waals surface area contributed by atoms with Crippen LogP contribution < -0.4 is 10.3 Å². The lowest BCUT2D eigenvalue weighted by molar-refractivity contribution is 0.344. The predicted octanol–water partition coefficient (Wildman–Crippen LogP) is 5.71. The van der Waals surface area contributed by atoms with Crippen molar-refractivity contribution < 1.29 is 4.74 Å². The zero-order chi connectivity index (χ0) is 19.4. The van der Waals surface area contributed by atoms with Gasteiger partial charge in [0.1, 0.15) is 10.6 Å². The fourth-order valence-corrected chi connectivity index (χ4v) is 4.71. The smallest absolute Gasteiger partial charge is 0.260 e. The first-order valence-corrected chi connectivity index (χ1v) is 11.2. The van der Waals surface area contributed by atoms with Crippen molar-refractivity contribution >= 4 is 44.9 Å².